The average Bonchev–Trinajstić information content (AvgIpc) is 2.03. The molecule has 0 radical (unpaired) electrons. The molecule has 0 unspecified atom stereocenters. The summed E-state index contributed by atoms with van der Waals surface area (Å²) in [5.41, 5.74) is 11.1. The first-order chi connectivity index (χ1) is 5.74. The van der Waals surface area contributed by atoms with Crippen LogP contribution >= 0.6 is 11.8 Å². The lowest BCUT2D eigenvalue weighted by molar-refractivity contribution is 0.603. The molecule has 4 heteroatoms. The van der Waals surface area contributed by atoms with Crippen LogP contribution in [0.3, 0.4) is 0 Å². The van der Waals surface area contributed by atoms with E-state index < -0.39 is 0 Å². The van der Waals surface area contributed by atoms with E-state index >= 15 is 0 Å². The molecule has 0 amide bonds. The Balaban J connectivity index is 2.72. The van der Waals surface area contributed by atoms with Gasteiger partial charge in [0.25, 0.3) is 0 Å². The molecule has 0 heterocycles. The second-order valence-electron chi connectivity index (χ2n) is 2.33. The third-order valence-corrected chi connectivity index (χ3v) is 2.41. The molecule has 0 saturated carbocycles. The summed E-state index contributed by atoms with van der Waals surface area (Å²) in [4.78, 5) is 0.606. The molecule has 0 aliphatic heterocycles. The lowest BCUT2D eigenvalue weighted by atomic mass is 10.3. The van der Waals surface area contributed by atoms with Crippen LogP contribution in [-0.2, 0) is 0 Å². The number of anilines is 1. The highest BCUT2D eigenvalue weighted by atomic mass is 32.2. The minimum atomic E-state index is -0.270. The molecule has 1 aromatic carbocycles. The molecule has 66 valence electrons. The fourth-order valence-corrected chi connectivity index (χ4v) is 1.50. The minimum absolute atomic E-state index is 0.270. The lowest BCUT2D eigenvalue weighted by Gasteiger charge is -2.01. The standard InChI is InChI=1S/C8H11FN2S/c9-7-5-6(11)1-2-8(7)12-4-3-10/h1-2,5H,3-4,10-11H2. The van der Waals surface area contributed by atoms with Gasteiger partial charge >= 0.3 is 0 Å². The molecular formula is C8H11FN2S. The summed E-state index contributed by atoms with van der Waals surface area (Å²) in [5, 5.41) is 0. The van der Waals surface area contributed by atoms with Crippen molar-refractivity contribution >= 4 is 17.4 Å². The predicted octanol–water partition coefficient (Wildman–Crippen LogP) is 1.46. The van der Waals surface area contributed by atoms with Gasteiger partial charge in [-0.15, -0.1) is 11.8 Å². The molecule has 0 atom stereocenters. The smallest absolute Gasteiger partial charge is 0.138 e. The van der Waals surface area contributed by atoms with Gasteiger partial charge in [0.05, 0.1) is 0 Å². The van der Waals surface area contributed by atoms with Crippen LogP contribution in [0.5, 0.6) is 0 Å². The van der Waals surface area contributed by atoms with Crippen LogP contribution in [0.25, 0.3) is 0 Å². The Morgan fingerprint density at radius 1 is 1.42 bits per heavy atom. The van der Waals surface area contributed by atoms with E-state index in [2.05, 4.69) is 0 Å². The van der Waals surface area contributed by atoms with Crippen molar-refractivity contribution in [1.29, 1.82) is 0 Å². The average molecular weight is 186 g/mol. The monoisotopic (exact) mass is 186 g/mol. The second-order valence-corrected chi connectivity index (χ2v) is 3.46. The first-order valence-corrected chi connectivity index (χ1v) is 4.60. The van der Waals surface area contributed by atoms with Gasteiger partial charge in [0.2, 0.25) is 0 Å². The maximum absolute atomic E-state index is 13.0. The number of rotatable bonds is 3. The second kappa shape index (κ2) is 4.33. The lowest BCUT2D eigenvalue weighted by Crippen LogP contribution is -2.01. The van der Waals surface area contributed by atoms with Gasteiger partial charge in [-0.1, -0.05) is 0 Å². The largest absolute Gasteiger partial charge is 0.399 e. The van der Waals surface area contributed by atoms with Crippen molar-refractivity contribution in [3.63, 3.8) is 0 Å². The number of benzene rings is 1. The number of nitrogens with two attached hydrogens (primary N) is 2. The Labute approximate surface area is 75.1 Å². The first kappa shape index (κ1) is 9.35. The molecule has 0 aromatic heterocycles. The van der Waals surface area contributed by atoms with Gasteiger partial charge in [0.15, 0.2) is 0 Å². The van der Waals surface area contributed by atoms with Gasteiger partial charge in [-0.3, -0.25) is 0 Å². The molecule has 1 aromatic rings. The molecule has 2 nitrogen and oxygen atoms in total. The van der Waals surface area contributed by atoms with Crippen LogP contribution in [0.1, 0.15) is 0 Å². The quantitative estimate of drug-likeness (QED) is 0.555. The van der Waals surface area contributed by atoms with E-state index in [4.69, 9.17) is 11.5 Å². The van der Waals surface area contributed by atoms with Crippen LogP contribution in [0, 0.1) is 5.82 Å². The molecule has 1 rings (SSSR count). The molecule has 0 bridgehead atoms. The Morgan fingerprint density at radius 2 is 2.17 bits per heavy atom. The van der Waals surface area contributed by atoms with E-state index in [0.29, 0.717) is 17.1 Å². The molecule has 0 aliphatic carbocycles. The van der Waals surface area contributed by atoms with E-state index in [1.807, 2.05) is 0 Å². The molecular weight excluding hydrogens is 175 g/mol. The van der Waals surface area contributed by atoms with Gasteiger partial charge in [0.1, 0.15) is 5.82 Å². The maximum atomic E-state index is 13.0. The summed E-state index contributed by atoms with van der Waals surface area (Å²) in [6.07, 6.45) is 0. The van der Waals surface area contributed by atoms with E-state index in [1.165, 1.54) is 17.8 Å². The van der Waals surface area contributed by atoms with Crippen molar-refractivity contribution < 1.29 is 4.39 Å². The summed E-state index contributed by atoms with van der Waals surface area (Å²) in [6, 6.07) is 4.67. The van der Waals surface area contributed by atoms with Crippen LogP contribution in [-0.4, -0.2) is 12.3 Å². The third kappa shape index (κ3) is 2.39. The Hall–Kier alpha value is -0.740. The zero-order valence-corrected chi connectivity index (χ0v) is 7.40. The highest BCUT2D eigenvalue weighted by Crippen LogP contribution is 2.22. The van der Waals surface area contributed by atoms with Gasteiger partial charge in [-0.05, 0) is 18.2 Å². The topological polar surface area (TPSA) is 52.0 Å². The fraction of sp³-hybridized carbons (Fsp3) is 0.250. The van der Waals surface area contributed by atoms with Crippen molar-refractivity contribution in [3.05, 3.63) is 24.0 Å². The van der Waals surface area contributed by atoms with Gasteiger partial charge in [0, 0.05) is 22.9 Å². The minimum Gasteiger partial charge on any atom is -0.399 e. The zero-order valence-electron chi connectivity index (χ0n) is 6.59. The number of halogens is 1. The highest BCUT2D eigenvalue weighted by Gasteiger charge is 2.01. The number of hydrogen-bond donors (Lipinski definition) is 2. The summed E-state index contributed by atoms with van der Waals surface area (Å²) in [7, 11) is 0. The molecule has 4 N–H and O–H groups in total. The first-order valence-electron chi connectivity index (χ1n) is 3.62. The molecule has 0 fully saturated rings. The van der Waals surface area contributed by atoms with Crippen molar-refractivity contribution in [1.82, 2.24) is 0 Å². The number of hydrogen-bond acceptors (Lipinski definition) is 3. The summed E-state index contributed by atoms with van der Waals surface area (Å²) >= 11 is 1.40. The SMILES string of the molecule is NCCSc1ccc(N)cc1F. The van der Waals surface area contributed by atoms with E-state index in [0.717, 1.165) is 5.75 Å². The maximum Gasteiger partial charge on any atom is 0.138 e. The molecule has 0 saturated heterocycles. The van der Waals surface area contributed by atoms with Gasteiger partial charge in [-0.2, -0.15) is 0 Å². The molecule has 0 aliphatic rings. The summed E-state index contributed by atoms with van der Waals surface area (Å²) in [6.45, 7) is 0.550. The van der Waals surface area contributed by atoms with E-state index in [-0.39, 0.29) is 5.82 Å². The van der Waals surface area contributed by atoms with E-state index in [9.17, 15) is 4.39 Å². The summed E-state index contributed by atoms with van der Waals surface area (Å²) in [5.74, 6) is 0.453. The molecule has 0 spiro atoms. The molecule has 12 heavy (non-hydrogen) atoms. The van der Waals surface area contributed by atoms with Crippen LogP contribution in [0.15, 0.2) is 23.1 Å². The van der Waals surface area contributed by atoms with Crippen LogP contribution in [0.2, 0.25) is 0 Å². The van der Waals surface area contributed by atoms with Crippen molar-refractivity contribution in [2.24, 2.45) is 5.73 Å². The van der Waals surface area contributed by atoms with Gasteiger partial charge in [-0.25, -0.2) is 4.39 Å². The Bertz CT molecular complexity index is 265. The highest BCUT2D eigenvalue weighted by molar-refractivity contribution is 7.99. The zero-order chi connectivity index (χ0) is 8.97. The predicted molar refractivity (Wildman–Crippen MR) is 50.6 cm³/mol. The number of nitrogen functional groups attached to an aromatic ring is 1. The van der Waals surface area contributed by atoms with Crippen LogP contribution in [0.4, 0.5) is 10.1 Å². The number of thioether (sulfide) groups is 1. The van der Waals surface area contributed by atoms with Crippen molar-refractivity contribution in [3.8, 4) is 0 Å². The summed E-state index contributed by atoms with van der Waals surface area (Å²) < 4.78 is 13.0. The normalized spacial score (nSPS) is 10.2. The van der Waals surface area contributed by atoms with Crippen molar-refractivity contribution in [2.75, 3.05) is 18.0 Å². The fourth-order valence-electron chi connectivity index (χ4n) is 0.803. The Morgan fingerprint density at radius 3 is 2.75 bits per heavy atom. The van der Waals surface area contributed by atoms with Crippen molar-refractivity contribution in [2.45, 2.75) is 4.90 Å². The van der Waals surface area contributed by atoms with Gasteiger partial charge < -0.3 is 11.5 Å². The van der Waals surface area contributed by atoms with Crippen LogP contribution < -0.4 is 11.5 Å². The Kier molecular flexibility index (Phi) is 3.37. The third-order valence-electron chi connectivity index (χ3n) is 1.33. The van der Waals surface area contributed by atoms with E-state index in [1.54, 1.807) is 12.1 Å².